The van der Waals surface area contributed by atoms with Crippen molar-refractivity contribution in [2.45, 2.75) is 284 Å². The number of hydrogen-bond donors (Lipinski definition) is 0. The van der Waals surface area contributed by atoms with E-state index in [-0.39, 0.29) is 32.0 Å². The van der Waals surface area contributed by atoms with Crippen LogP contribution in [0.2, 0.25) is 0 Å². The molecule has 1 unspecified atom stereocenters. The molecule has 0 N–H and O–H groups in total. The third-order valence-electron chi connectivity index (χ3n) is 13.7. The highest BCUT2D eigenvalue weighted by Crippen LogP contribution is 2.15. The number of hydrogen-bond acceptors (Lipinski definition) is 6. The maximum absolute atomic E-state index is 12.9. The summed E-state index contributed by atoms with van der Waals surface area (Å²) in [5.41, 5.74) is 0. The second kappa shape index (κ2) is 69.3. The van der Waals surface area contributed by atoms with E-state index < -0.39 is 18.0 Å². The molecule has 0 aromatic heterocycles. The van der Waals surface area contributed by atoms with Crippen molar-refractivity contribution in [3.63, 3.8) is 0 Å². The van der Waals surface area contributed by atoms with Crippen molar-refractivity contribution in [2.75, 3.05) is 13.2 Å². The molecule has 0 bridgehead atoms. The predicted octanol–water partition coefficient (Wildman–Crippen LogP) is 23.4. The van der Waals surface area contributed by atoms with Gasteiger partial charge in [0.1, 0.15) is 13.2 Å². The van der Waals surface area contributed by atoms with Gasteiger partial charge in [-0.1, -0.05) is 300 Å². The summed E-state index contributed by atoms with van der Waals surface area (Å²) in [6.45, 7) is 6.27. The zero-order chi connectivity index (χ0) is 59.9. The van der Waals surface area contributed by atoms with Crippen LogP contribution >= 0.6 is 0 Å². The topological polar surface area (TPSA) is 78.9 Å². The fraction of sp³-hybridized carbons (Fsp3) is 0.597. The fourth-order valence-electron chi connectivity index (χ4n) is 8.77. The van der Waals surface area contributed by atoms with Crippen molar-refractivity contribution >= 4 is 17.9 Å². The average Bonchev–Trinajstić information content (AvgIpc) is 3.49. The molecule has 0 fully saturated rings. The molecule has 0 aliphatic rings. The van der Waals surface area contributed by atoms with E-state index >= 15 is 0 Å². The predicted molar refractivity (Wildman–Crippen MR) is 361 cm³/mol. The highest BCUT2D eigenvalue weighted by atomic mass is 16.6. The summed E-state index contributed by atoms with van der Waals surface area (Å²) >= 11 is 0. The Morgan fingerprint density at radius 1 is 0.265 bits per heavy atom. The molecule has 1 atom stereocenters. The van der Waals surface area contributed by atoms with E-state index in [1.807, 2.05) is 6.08 Å². The van der Waals surface area contributed by atoms with Crippen LogP contribution in [0.4, 0.5) is 0 Å². The first-order chi connectivity index (χ1) is 41.0. The Labute approximate surface area is 511 Å². The zero-order valence-corrected chi connectivity index (χ0v) is 53.4. The summed E-state index contributed by atoms with van der Waals surface area (Å²) in [4.78, 5) is 38.3. The van der Waals surface area contributed by atoms with Gasteiger partial charge in [-0.15, -0.1) is 0 Å². The quantitative estimate of drug-likeness (QED) is 0.0261. The van der Waals surface area contributed by atoms with Gasteiger partial charge in [0.25, 0.3) is 0 Å². The molecule has 0 spiro atoms. The van der Waals surface area contributed by atoms with Crippen LogP contribution in [0.15, 0.2) is 170 Å². The molecule has 0 saturated heterocycles. The van der Waals surface area contributed by atoms with Crippen LogP contribution in [0.3, 0.4) is 0 Å². The Hall–Kier alpha value is -5.23. The highest BCUT2D eigenvalue weighted by molar-refractivity contribution is 5.72. The molecule has 0 amide bonds. The Balaban J connectivity index is 4.49. The summed E-state index contributed by atoms with van der Waals surface area (Å²) in [7, 11) is 0. The lowest BCUT2D eigenvalue weighted by Gasteiger charge is -2.18. The average molecular weight is 1140 g/mol. The third-order valence-corrected chi connectivity index (χ3v) is 13.7. The normalized spacial score (nSPS) is 13.2. The molecular weight excluding hydrogens is 1020 g/mol. The van der Waals surface area contributed by atoms with Gasteiger partial charge < -0.3 is 14.2 Å². The summed E-state index contributed by atoms with van der Waals surface area (Å²) < 4.78 is 16.8. The lowest BCUT2D eigenvalue weighted by molar-refractivity contribution is -0.166. The van der Waals surface area contributed by atoms with Gasteiger partial charge in [-0.05, 0) is 128 Å². The second-order valence-electron chi connectivity index (χ2n) is 21.6. The minimum atomic E-state index is -0.859. The smallest absolute Gasteiger partial charge is 0.309 e. The summed E-state index contributed by atoms with van der Waals surface area (Å²) in [5, 5.41) is 0. The first kappa shape index (κ1) is 77.8. The molecule has 6 nitrogen and oxygen atoms in total. The van der Waals surface area contributed by atoms with Gasteiger partial charge >= 0.3 is 17.9 Å². The second-order valence-corrected chi connectivity index (χ2v) is 21.6. The first-order valence-corrected chi connectivity index (χ1v) is 33.6. The van der Waals surface area contributed by atoms with Crippen LogP contribution in [0.25, 0.3) is 0 Å². The zero-order valence-electron chi connectivity index (χ0n) is 53.4. The van der Waals surface area contributed by atoms with E-state index in [1.54, 1.807) is 6.08 Å². The van der Waals surface area contributed by atoms with Gasteiger partial charge in [-0.2, -0.15) is 0 Å². The van der Waals surface area contributed by atoms with Crippen LogP contribution in [0.5, 0.6) is 0 Å². The molecule has 0 aliphatic heterocycles. The molecule has 0 heterocycles. The molecule has 0 aromatic carbocycles. The van der Waals surface area contributed by atoms with E-state index in [2.05, 4.69) is 179 Å². The van der Waals surface area contributed by atoms with Gasteiger partial charge in [-0.25, -0.2) is 0 Å². The van der Waals surface area contributed by atoms with Crippen LogP contribution in [0, 0.1) is 0 Å². The Kier molecular flexibility index (Phi) is 64.9. The number of carbonyl (C=O) groups excluding carboxylic acids is 3. The maximum atomic E-state index is 12.9. The van der Waals surface area contributed by atoms with Crippen molar-refractivity contribution < 1.29 is 28.6 Å². The third kappa shape index (κ3) is 67.4. The standard InChI is InChI=1S/C77H122O6/c1-4-7-10-13-16-19-22-25-28-30-32-34-36-37-38-39-41-42-44-46-49-52-55-58-61-64-67-70-76(79)82-73-74(72-81-75(78)69-66-63-60-57-54-51-48-27-24-21-18-15-12-9-6-3)83-77(80)71-68-65-62-59-56-53-50-47-45-43-40-35-33-31-29-26-23-20-17-14-11-8-5-2/h8-9,11-12,17-18,20-22,25-27,29-30,32-33,35,43,45,48,50,53-54,57,59,62-63,66,74H,4-7,10,13-16,19,23-24,28,31,34,36-42,44,46-47,49,51-52,55-56,58,60-61,64-65,67-73H2,1-3H3/b11-8-,12-9-,20-17-,21-18-,25-22-,29-26-,32-30-,35-33-,45-43-,48-27-,53-50-,57-54-,62-59-,66-63-. The number of allylic oxidation sites excluding steroid dienone is 27. The van der Waals surface area contributed by atoms with Gasteiger partial charge in [-0.3, -0.25) is 14.4 Å². The molecule has 0 rings (SSSR count). The fourth-order valence-corrected chi connectivity index (χ4v) is 8.77. The minimum Gasteiger partial charge on any atom is -0.462 e. The minimum absolute atomic E-state index is 0.107. The lowest BCUT2D eigenvalue weighted by Crippen LogP contribution is -2.30. The maximum Gasteiger partial charge on any atom is 0.309 e. The van der Waals surface area contributed by atoms with E-state index in [1.165, 1.54) is 122 Å². The molecule has 466 valence electrons. The molecule has 0 saturated carbocycles. The van der Waals surface area contributed by atoms with Crippen molar-refractivity contribution in [3.05, 3.63) is 170 Å². The van der Waals surface area contributed by atoms with Gasteiger partial charge in [0.05, 0.1) is 6.42 Å². The Morgan fingerprint density at radius 3 is 0.880 bits per heavy atom. The van der Waals surface area contributed by atoms with Gasteiger partial charge in [0, 0.05) is 12.8 Å². The Morgan fingerprint density at radius 2 is 0.530 bits per heavy atom. The van der Waals surface area contributed by atoms with E-state index in [9.17, 15) is 14.4 Å². The monoisotopic (exact) mass is 1140 g/mol. The SMILES string of the molecule is CC/C=C\C/C=C\C/C=C\C/C=C\C/C=C\C/C=C\C/C=C\CCCC(=O)OC(COC(=O)C/C=C\C/C=C\C/C=C\C/C=C\C/C=C\CC)COC(=O)CCCCCCCCCCCCCCCCC/C=C\C/C=C\CCCCCCC. The lowest BCUT2D eigenvalue weighted by atomic mass is 10.0. The Bertz CT molecular complexity index is 1890. The molecule has 0 radical (unpaired) electrons. The molecule has 0 aliphatic carbocycles. The van der Waals surface area contributed by atoms with Crippen LogP contribution in [0.1, 0.15) is 278 Å². The summed E-state index contributed by atoms with van der Waals surface area (Å²) in [6, 6.07) is 0. The summed E-state index contributed by atoms with van der Waals surface area (Å²) in [5.74, 6) is -1.14. The first-order valence-electron chi connectivity index (χ1n) is 33.6. The number of esters is 3. The van der Waals surface area contributed by atoms with Crippen molar-refractivity contribution in [1.82, 2.24) is 0 Å². The van der Waals surface area contributed by atoms with Gasteiger partial charge in [0.2, 0.25) is 0 Å². The van der Waals surface area contributed by atoms with Crippen LogP contribution < -0.4 is 0 Å². The number of unbranched alkanes of at least 4 members (excludes halogenated alkanes) is 21. The molecular formula is C77H122O6. The largest absolute Gasteiger partial charge is 0.462 e. The van der Waals surface area contributed by atoms with E-state index in [0.717, 1.165) is 109 Å². The summed E-state index contributed by atoms with van der Waals surface area (Å²) in [6.07, 6.45) is 103. The number of ether oxygens (including phenoxy) is 3. The van der Waals surface area contributed by atoms with Crippen molar-refractivity contribution in [3.8, 4) is 0 Å². The number of rotatable bonds is 59. The van der Waals surface area contributed by atoms with E-state index in [4.69, 9.17) is 14.2 Å². The number of carbonyl (C=O) groups is 3. The molecule has 83 heavy (non-hydrogen) atoms. The van der Waals surface area contributed by atoms with Crippen molar-refractivity contribution in [1.29, 1.82) is 0 Å². The van der Waals surface area contributed by atoms with Gasteiger partial charge in [0.15, 0.2) is 6.10 Å². The van der Waals surface area contributed by atoms with Crippen LogP contribution in [-0.4, -0.2) is 37.2 Å². The van der Waals surface area contributed by atoms with Crippen molar-refractivity contribution in [2.24, 2.45) is 0 Å². The van der Waals surface area contributed by atoms with Crippen LogP contribution in [-0.2, 0) is 28.6 Å². The molecule has 6 heteroatoms. The van der Waals surface area contributed by atoms with E-state index in [0.29, 0.717) is 12.8 Å². The molecule has 0 aromatic rings. The highest BCUT2D eigenvalue weighted by Gasteiger charge is 2.19.